The van der Waals surface area contributed by atoms with Gasteiger partial charge in [0.15, 0.2) is 0 Å². The molecule has 0 amide bonds. The number of nitrogens with zero attached hydrogens (tertiary/aromatic N) is 3. The molecule has 2 heterocycles. The molecule has 6 heteroatoms. The molecule has 1 aliphatic heterocycles. The summed E-state index contributed by atoms with van der Waals surface area (Å²) in [7, 11) is 2.13. The molecular weight excluding hydrogens is 369 g/mol. The number of aryl methyl sites for hydroxylation is 1. The Labute approximate surface area is 125 Å². The Hall–Kier alpha value is 0.410. The SMILES string of the molecule is CCc1nc(C2CSCCN2C)nc(Cl)c1I. The Morgan fingerprint density at radius 2 is 2.29 bits per heavy atom. The lowest BCUT2D eigenvalue weighted by atomic mass is 10.2. The largest absolute Gasteiger partial charge is 0.295 e. The number of hydrogen-bond acceptors (Lipinski definition) is 4. The van der Waals surface area contributed by atoms with E-state index in [2.05, 4.69) is 51.4 Å². The summed E-state index contributed by atoms with van der Waals surface area (Å²) in [6.45, 7) is 3.19. The normalized spacial score (nSPS) is 21.8. The summed E-state index contributed by atoms with van der Waals surface area (Å²) in [5.74, 6) is 3.12. The molecule has 1 saturated heterocycles. The predicted octanol–water partition coefficient (Wildman–Crippen LogP) is 3.02. The Morgan fingerprint density at radius 3 is 2.94 bits per heavy atom. The molecule has 1 atom stereocenters. The van der Waals surface area contributed by atoms with Crippen LogP contribution in [0.3, 0.4) is 0 Å². The second kappa shape index (κ2) is 6.04. The molecule has 1 fully saturated rings. The van der Waals surface area contributed by atoms with Gasteiger partial charge < -0.3 is 0 Å². The second-order valence-corrected chi connectivity index (χ2v) is 6.64. The van der Waals surface area contributed by atoms with E-state index in [1.54, 1.807) is 0 Å². The average molecular weight is 384 g/mol. The lowest BCUT2D eigenvalue weighted by Crippen LogP contribution is -2.34. The molecule has 0 saturated carbocycles. The first-order valence-electron chi connectivity index (χ1n) is 5.63. The van der Waals surface area contributed by atoms with Gasteiger partial charge in [0, 0.05) is 18.1 Å². The highest BCUT2D eigenvalue weighted by atomic mass is 127. The van der Waals surface area contributed by atoms with Gasteiger partial charge in [-0.15, -0.1) is 0 Å². The molecule has 1 aromatic rings. The molecule has 2 rings (SSSR count). The summed E-state index contributed by atoms with van der Waals surface area (Å²) >= 11 is 10.4. The summed E-state index contributed by atoms with van der Waals surface area (Å²) in [5.41, 5.74) is 1.06. The monoisotopic (exact) mass is 383 g/mol. The van der Waals surface area contributed by atoms with Gasteiger partial charge in [0.05, 0.1) is 15.3 Å². The van der Waals surface area contributed by atoms with Gasteiger partial charge in [-0.05, 0) is 36.1 Å². The minimum atomic E-state index is 0.300. The van der Waals surface area contributed by atoms with Gasteiger partial charge in [-0.25, -0.2) is 9.97 Å². The van der Waals surface area contributed by atoms with Crippen molar-refractivity contribution in [2.75, 3.05) is 25.1 Å². The maximum absolute atomic E-state index is 6.18. The first kappa shape index (κ1) is 13.8. The fourth-order valence-electron chi connectivity index (χ4n) is 1.82. The topological polar surface area (TPSA) is 29.0 Å². The Bertz CT molecular complexity index is 416. The van der Waals surface area contributed by atoms with E-state index in [4.69, 9.17) is 11.6 Å². The lowest BCUT2D eigenvalue weighted by Gasteiger charge is -2.31. The lowest BCUT2D eigenvalue weighted by molar-refractivity contribution is 0.264. The maximum atomic E-state index is 6.18. The van der Waals surface area contributed by atoms with Crippen molar-refractivity contribution in [1.29, 1.82) is 0 Å². The van der Waals surface area contributed by atoms with Crippen LogP contribution in [-0.4, -0.2) is 40.0 Å². The van der Waals surface area contributed by atoms with Crippen LogP contribution in [0.5, 0.6) is 0 Å². The third-order valence-electron chi connectivity index (χ3n) is 2.93. The van der Waals surface area contributed by atoms with Crippen LogP contribution in [0.1, 0.15) is 24.5 Å². The molecule has 17 heavy (non-hydrogen) atoms. The van der Waals surface area contributed by atoms with E-state index in [1.165, 1.54) is 5.75 Å². The summed E-state index contributed by atoms with van der Waals surface area (Å²) in [5, 5.41) is 0.594. The van der Waals surface area contributed by atoms with E-state index >= 15 is 0 Å². The zero-order valence-electron chi connectivity index (χ0n) is 9.91. The quantitative estimate of drug-likeness (QED) is 0.580. The van der Waals surface area contributed by atoms with Crippen molar-refractivity contribution in [2.45, 2.75) is 19.4 Å². The first-order valence-corrected chi connectivity index (χ1v) is 8.24. The molecule has 0 N–H and O–H groups in total. The van der Waals surface area contributed by atoms with Crippen LogP contribution in [0.4, 0.5) is 0 Å². The molecule has 0 spiro atoms. The Kier molecular flexibility index (Phi) is 4.91. The summed E-state index contributed by atoms with van der Waals surface area (Å²) in [6.07, 6.45) is 0.900. The van der Waals surface area contributed by atoms with Crippen LogP contribution in [0.25, 0.3) is 0 Å². The number of thioether (sulfide) groups is 1. The fourth-order valence-corrected chi connectivity index (χ4v) is 3.85. The van der Waals surface area contributed by atoms with E-state index in [0.717, 1.165) is 33.8 Å². The minimum Gasteiger partial charge on any atom is -0.295 e. The van der Waals surface area contributed by atoms with Crippen molar-refractivity contribution < 1.29 is 0 Å². The molecule has 1 aromatic heterocycles. The van der Waals surface area contributed by atoms with Crippen molar-refractivity contribution in [1.82, 2.24) is 14.9 Å². The van der Waals surface area contributed by atoms with Crippen molar-refractivity contribution in [3.8, 4) is 0 Å². The van der Waals surface area contributed by atoms with Gasteiger partial charge in [0.25, 0.3) is 0 Å². The zero-order chi connectivity index (χ0) is 12.4. The molecule has 3 nitrogen and oxygen atoms in total. The predicted molar refractivity (Wildman–Crippen MR) is 81.8 cm³/mol. The van der Waals surface area contributed by atoms with Crippen LogP contribution in [0, 0.1) is 3.57 Å². The number of rotatable bonds is 2. The molecular formula is C11H15ClIN3S. The van der Waals surface area contributed by atoms with Gasteiger partial charge in [-0.1, -0.05) is 18.5 Å². The van der Waals surface area contributed by atoms with E-state index in [0.29, 0.717) is 11.2 Å². The summed E-state index contributed by atoms with van der Waals surface area (Å²) in [4.78, 5) is 11.4. The van der Waals surface area contributed by atoms with E-state index in [-0.39, 0.29) is 0 Å². The van der Waals surface area contributed by atoms with Gasteiger partial charge in [0.1, 0.15) is 11.0 Å². The summed E-state index contributed by atoms with van der Waals surface area (Å²) < 4.78 is 0.988. The van der Waals surface area contributed by atoms with Crippen LogP contribution >= 0.6 is 46.0 Å². The first-order chi connectivity index (χ1) is 8.13. The zero-order valence-corrected chi connectivity index (χ0v) is 13.6. The third kappa shape index (κ3) is 3.05. The van der Waals surface area contributed by atoms with Crippen molar-refractivity contribution in [2.24, 2.45) is 0 Å². The maximum Gasteiger partial charge on any atom is 0.148 e. The molecule has 0 radical (unpaired) electrons. The summed E-state index contributed by atoms with van der Waals surface area (Å²) in [6, 6.07) is 0.300. The Morgan fingerprint density at radius 1 is 1.53 bits per heavy atom. The third-order valence-corrected chi connectivity index (χ3v) is 5.67. The van der Waals surface area contributed by atoms with Gasteiger partial charge in [-0.2, -0.15) is 11.8 Å². The van der Waals surface area contributed by atoms with Crippen LogP contribution in [0.2, 0.25) is 5.15 Å². The van der Waals surface area contributed by atoms with Crippen molar-refractivity contribution in [3.63, 3.8) is 0 Å². The highest BCUT2D eigenvalue weighted by molar-refractivity contribution is 14.1. The van der Waals surface area contributed by atoms with E-state index in [9.17, 15) is 0 Å². The van der Waals surface area contributed by atoms with Crippen LogP contribution in [-0.2, 0) is 6.42 Å². The molecule has 0 aromatic carbocycles. The number of aromatic nitrogens is 2. The molecule has 0 bridgehead atoms. The number of halogens is 2. The van der Waals surface area contributed by atoms with E-state index in [1.807, 2.05) is 11.8 Å². The fraction of sp³-hybridized carbons (Fsp3) is 0.636. The molecule has 0 aliphatic carbocycles. The van der Waals surface area contributed by atoms with Crippen LogP contribution in [0.15, 0.2) is 0 Å². The highest BCUT2D eigenvalue weighted by Gasteiger charge is 2.25. The second-order valence-electron chi connectivity index (χ2n) is 4.06. The average Bonchev–Trinajstić information content (AvgIpc) is 2.33. The van der Waals surface area contributed by atoms with Crippen LogP contribution < -0.4 is 0 Å². The van der Waals surface area contributed by atoms with E-state index < -0.39 is 0 Å². The molecule has 94 valence electrons. The Balaban J connectivity index is 2.34. The standard InChI is InChI=1S/C11H15ClIN3S/c1-3-7-9(13)10(12)15-11(14-7)8-6-17-5-4-16(8)2/h8H,3-6H2,1-2H3. The molecule has 1 aliphatic rings. The van der Waals surface area contributed by atoms with Gasteiger partial charge in [0.2, 0.25) is 0 Å². The van der Waals surface area contributed by atoms with Crippen molar-refractivity contribution in [3.05, 3.63) is 20.2 Å². The smallest absolute Gasteiger partial charge is 0.148 e. The minimum absolute atomic E-state index is 0.300. The van der Waals surface area contributed by atoms with Gasteiger partial charge >= 0.3 is 0 Å². The van der Waals surface area contributed by atoms with Gasteiger partial charge in [-0.3, -0.25) is 4.90 Å². The number of hydrogen-bond donors (Lipinski definition) is 0. The van der Waals surface area contributed by atoms with Crippen molar-refractivity contribution >= 4 is 46.0 Å². The highest BCUT2D eigenvalue weighted by Crippen LogP contribution is 2.28. The molecule has 1 unspecified atom stereocenters.